The molecular weight excluding hydrogens is 242 g/mol. The first kappa shape index (κ1) is 12.2. The van der Waals surface area contributed by atoms with Crippen molar-refractivity contribution >= 4 is 6.09 Å². The molecule has 100 valence electrons. The zero-order valence-electron chi connectivity index (χ0n) is 10.7. The summed E-state index contributed by atoms with van der Waals surface area (Å²) in [6.45, 7) is 4.77. The van der Waals surface area contributed by atoms with Crippen molar-refractivity contribution in [2.24, 2.45) is 0 Å². The summed E-state index contributed by atoms with van der Waals surface area (Å²) >= 11 is 0. The highest BCUT2D eigenvalue weighted by molar-refractivity contribution is 5.71. The fraction of sp³-hybridized carbons (Fsp3) is 0.400. The largest absolute Gasteiger partial charge is 0.447 e. The lowest BCUT2D eigenvalue weighted by atomic mass is 10.1. The van der Waals surface area contributed by atoms with Crippen LogP contribution in [0.25, 0.3) is 0 Å². The quantitative estimate of drug-likeness (QED) is 0.779. The van der Waals surface area contributed by atoms with Gasteiger partial charge in [-0.15, -0.1) is 6.58 Å². The number of benzene rings is 1. The van der Waals surface area contributed by atoms with Gasteiger partial charge in [0.1, 0.15) is 6.61 Å². The van der Waals surface area contributed by atoms with Gasteiger partial charge in [-0.1, -0.05) is 36.4 Å². The van der Waals surface area contributed by atoms with Gasteiger partial charge in [0.15, 0.2) is 0 Å². The molecule has 19 heavy (non-hydrogen) atoms. The van der Waals surface area contributed by atoms with Gasteiger partial charge >= 0.3 is 6.09 Å². The Morgan fingerprint density at radius 1 is 1.42 bits per heavy atom. The molecule has 3 rings (SSSR count). The van der Waals surface area contributed by atoms with Crippen LogP contribution in [0.5, 0.6) is 0 Å². The van der Waals surface area contributed by atoms with Crippen molar-refractivity contribution in [2.45, 2.75) is 31.2 Å². The highest BCUT2D eigenvalue weighted by atomic mass is 16.6. The standard InChI is InChI=1S/C15H17NO3/c1-2-12-8-14(13-10-19-15(17)16(12)13)18-9-11-6-4-3-5-7-11/h2-7,12-14H,1,8-10H2/t12-,13-,14+/m1/s1. The lowest BCUT2D eigenvalue weighted by Gasteiger charge is -2.19. The number of carbonyl (C=O) groups is 1. The summed E-state index contributed by atoms with van der Waals surface area (Å²) in [7, 11) is 0. The molecule has 0 N–H and O–H groups in total. The van der Waals surface area contributed by atoms with E-state index in [0.29, 0.717) is 13.2 Å². The van der Waals surface area contributed by atoms with Crippen LogP contribution in [0, 0.1) is 0 Å². The van der Waals surface area contributed by atoms with Gasteiger partial charge in [-0.05, 0) is 12.0 Å². The molecule has 2 aliphatic rings. The highest BCUT2D eigenvalue weighted by Crippen LogP contribution is 2.33. The Morgan fingerprint density at radius 2 is 2.21 bits per heavy atom. The first-order valence-electron chi connectivity index (χ1n) is 6.53. The lowest BCUT2D eigenvalue weighted by molar-refractivity contribution is 0.0226. The molecule has 1 aromatic rings. The summed E-state index contributed by atoms with van der Waals surface area (Å²) in [5.41, 5.74) is 1.14. The SMILES string of the molecule is C=C[C@@H]1C[C@H](OCc2ccccc2)[C@H]2COC(=O)N12. The first-order chi connectivity index (χ1) is 9.29. The second-order valence-corrected chi connectivity index (χ2v) is 4.93. The second kappa shape index (κ2) is 5.05. The van der Waals surface area contributed by atoms with E-state index in [1.54, 1.807) is 11.0 Å². The van der Waals surface area contributed by atoms with E-state index >= 15 is 0 Å². The monoisotopic (exact) mass is 259 g/mol. The van der Waals surface area contributed by atoms with E-state index in [0.717, 1.165) is 12.0 Å². The maximum atomic E-state index is 11.6. The van der Waals surface area contributed by atoms with Crippen LogP contribution in [0.15, 0.2) is 43.0 Å². The highest BCUT2D eigenvalue weighted by Gasteiger charge is 2.48. The van der Waals surface area contributed by atoms with Crippen molar-refractivity contribution in [1.29, 1.82) is 0 Å². The molecule has 0 aliphatic carbocycles. The van der Waals surface area contributed by atoms with E-state index in [4.69, 9.17) is 9.47 Å². The minimum atomic E-state index is -0.249. The molecular formula is C15H17NO3. The summed E-state index contributed by atoms with van der Waals surface area (Å²) in [5.74, 6) is 0. The molecule has 2 saturated heterocycles. The average Bonchev–Trinajstić information content (AvgIpc) is 2.99. The summed E-state index contributed by atoms with van der Waals surface area (Å²) in [6, 6.07) is 10.1. The minimum absolute atomic E-state index is 0.0228. The number of fused-ring (bicyclic) bond motifs is 1. The maximum Gasteiger partial charge on any atom is 0.410 e. The molecule has 0 unspecified atom stereocenters. The van der Waals surface area contributed by atoms with Gasteiger partial charge in [0.05, 0.1) is 24.8 Å². The van der Waals surface area contributed by atoms with Crippen LogP contribution in [0.1, 0.15) is 12.0 Å². The van der Waals surface area contributed by atoms with E-state index in [1.807, 2.05) is 30.3 Å². The van der Waals surface area contributed by atoms with Crippen molar-refractivity contribution in [3.63, 3.8) is 0 Å². The van der Waals surface area contributed by atoms with Crippen LogP contribution in [0.2, 0.25) is 0 Å². The van der Waals surface area contributed by atoms with E-state index in [9.17, 15) is 4.79 Å². The average molecular weight is 259 g/mol. The third kappa shape index (κ3) is 2.24. The Kier molecular flexibility index (Phi) is 3.25. The molecule has 0 radical (unpaired) electrons. The van der Waals surface area contributed by atoms with Gasteiger partial charge in [0.25, 0.3) is 0 Å². The predicted molar refractivity (Wildman–Crippen MR) is 70.6 cm³/mol. The van der Waals surface area contributed by atoms with E-state index in [1.165, 1.54) is 0 Å². The lowest BCUT2D eigenvalue weighted by Crippen LogP contribution is -2.36. The molecule has 2 aliphatic heterocycles. The summed E-state index contributed by atoms with van der Waals surface area (Å²) < 4.78 is 11.1. The topological polar surface area (TPSA) is 38.8 Å². The van der Waals surface area contributed by atoms with Crippen molar-refractivity contribution < 1.29 is 14.3 Å². The van der Waals surface area contributed by atoms with Crippen molar-refractivity contribution in [1.82, 2.24) is 4.90 Å². The Morgan fingerprint density at radius 3 is 2.95 bits per heavy atom. The zero-order chi connectivity index (χ0) is 13.2. The van der Waals surface area contributed by atoms with Gasteiger partial charge in [0, 0.05) is 0 Å². The predicted octanol–water partition coefficient (Wildman–Crippen LogP) is 2.35. The fourth-order valence-electron chi connectivity index (χ4n) is 2.79. The Labute approximate surface area is 112 Å². The molecule has 0 aromatic heterocycles. The molecule has 0 bridgehead atoms. The number of ether oxygens (including phenoxy) is 2. The molecule has 3 atom stereocenters. The van der Waals surface area contributed by atoms with Gasteiger partial charge in [-0.25, -0.2) is 4.79 Å². The Bertz CT molecular complexity index is 474. The molecule has 4 heteroatoms. The summed E-state index contributed by atoms with van der Waals surface area (Å²) in [4.78, 5) is 13.4. The minimum Gasteiger partial charge on any atom is -0.447 e. The summed E-state index contributed by atoms with van der Waals surface area (Å²) in [6.07, 6.45) is 2.37. The van der Waals surface area contributed by atoms with Gasteiger partial charge < -0.3 is 9.47 Å². The van der Waals surface area contributed by atoms with Gasteiger partial charge in [0.2, 0.25) is 0 Å². The first-order valence-corrected chi connectivity index (χ1v) is 6.53. The van der Waals surface area contributed by atoms with Crippen LogP contribution in [0.3, 0.4) is 0 Å². The maximum absolute atomic E-state index is 11.6. The van der Waals surface area contributed by atoms with Crippen molar-refractivity contribution in [3.05, 3.63) is 48.6 Å². The van der Waals surface area contributed by atoms with E-state index < -0.39 is 0 Å². The number of rotatable bonds is 4. The van der Waals surface area contributed by atoms with Crippen LogP contribution >= 0.6 is 0 Å². The third-order valence-electron chi connectivity index (χ3n) is 3.78. The van der Waals surface area contributed by atoms with E-state index in [-0.39, 0.29) is 24.3 Å². The van der Waals surface area contributed by atoms with E-state index in [2.05, 4.69) is 6.58 Å². The van der Waals surface area contributed by atoms with Crippen LogP contribution in [-0.2, 0) is 16.1 Å². The molecule has 0 saturated carbocycles. The number of hydrogen-bond acceptors (Lipinski definition) is 3. The molecule has 2 heterocycles. The normalized spacial score (nSPS) is 29.2. The molecule has 1 aromatic carbocycles. The van der Waals surface area contributed by atoms with Crippen molar-refractivity contribution in [3.8, 4) is 0 Å². The number of cyclic esters (lactones) is 1. The zero-order valence-corrected chi connectivity index (χ0v) is 10.7. The number of amides is 1. The Balaban J connectivity index is 1.66. The van der Waals surface area contributed by atoms with Gasteiger partial charge in [-0.3, -0.25) is 4.90 Å². The fourth-order valence-corrected chi connectivity index (χ4v) is 2.79. The van der Waals surface area contributed by atoms with Crippen LogP contribution < -0.4 is 0 Å². The molecule has 2 fully saturated rings. The summed E-state index contributed by atoms with van der Waals surface area (Å²) in [5, 5.41) is 0. The number of carbonyl (C=O) groups excluding carboxylic acids is 1. The van der Waals surface area contributed by atoms with Crippen LogP contribution in [-0.4, -0.2) is 35.8 Å². The number of hydrogen-bond donors (Lipinski definition) is 0. The smallest absolute Gasteiger partial charge is 0.410 e. The van der Waals surface area contributed by atoms with Gasteiger partial charge in [-0.2, -0.15) is 0 Å². The van der Waals surface area contributed by atoms with Crippen LogP contribution in [0.4, 0.5) is 4.79 Å². The molecule has 4 nitrogen and oxygen atoms in total. The third-order valence-corrected chi connectivity index (χ3v) is 3.78. The Hall–Kier alpha value is -1.81. The van der Waals surface area contributed by atoms with Crippen molar-refractivity contribution in [2.75, 3.05) is 6.61 Å². The molecule has 1 amide bonds. The molecule has 0 spiro atoms. The second-order valence-electron chi connectivity index (χ2n) is 4.93. The number of nitrogens with zero attached hydrogens (tertiary/aromatic N) is 1.